The number of amides is 1. The summed E-state index contributed by atoms with van der Waals surface area (Å²) in [4.78, 5) is 11.2. The van der Waals surface area contributed by atoms with Crippen molar-refractivity contribution < 1.29 is 4.79 Å². The van der Waals surface area contributed by atoms with Gasteiger partial charge in [0.2, 0.25) is 5.91 Å². The molecule has 2 rings (SSSR count). The van der Waals surface area contributed by atoms with E-state index in [1.165, 1.54) is 23.6 Å². The Bertz CT molecular complexity index is 502. The van der Waals surface area contributed by atoms with E-state index >= 15 is 0 Å². The van der Waals surface area contributed by atoms with Gasteiger partial charge in [0.05, 0.1) is 6.07 Å². The number of rotatable bonds is 2. The van der Waals surface area contributed by atoms with Crippen molar-refractivity contribution in [2.75, 3.05) is 0 Å². The lowest BCUT2D eigenvalue weighted by molar-refractivity contribution is -0.119. The summed E-state index contributed by atoms with van der Waals surface area (Å²) in [6.45, 7) is 3.52. The van der Waals surface area contributed by atoms with Crippen LogP contribution in [0.1, 0.15) is 42.4 Å². The predicted molar refractivity (Wildman–Crippen MR) is 70.1 cm³/mol. The zero-order valence-corrected chi connectivity index (χ0v) is 10.9. The van der Waals surface area contributed by atoms with Crippen LogP contribution in [0.2, 0.25) is 0 Å². The zero-order chi connectivity index (χ0) is 13.1. The number of nitrogens with one attached hydrogen (secondary N) is 1. The standard InChI is InChI=1S/C15H18N2O/c1-10-6-7-12-4-3-5-13(14(12)8-10)15(9-16)17-11(2)18/h6-8,13,15H,3-5H2,1-2H3,(H,17,18). The van der Waals surface area contributed by atoms with Crippen LogP contribution in [0.25, 0.3) is 0 Å². The van der Waals surface area contributed by atoms with Gasteiger partial charge in [0.25, 0.3) is 0 Å². The van der Waals surface area contributed by atoms with E-state index in [1.807, 2.05) is 0 Å². The first-order chi connectivity index (χ1) is 8.61. The summed E-state index contributed by atoms with van der Waals surface area (Å²) < 4.78 is 0. The number of nitrogens with zero attached hydrogens (tertiary/aromatic N) is 1. The highest BCUT2D eigenvalue weighted by molar-refractivity contribution is 5.73. The van der Waals surface area contributed by atoms with Gasteiger partial charge in [0.1, 0.15) is 6.04 Å². The molecule has 3 heteroatoms. The zero-order valence-electron chi connectivity index (χ0n) is 10.9. The molecule has 1 amide bonds. The normalized spacial score (nSPS) is 19.5. The van der Waals surface area contributed by atoms with Gasteiger partial charge in [-0.3, -0.25) is 4.79 Å². The molecule has 0 saturated heterocycles. The summed E-state index contributed by atoms with van der Waals surface area (Å²) in [7, 11) is 0. The second-order valence-electron chi connectivity index (χ2n) is 5.01. The third-order valence-corrected chi connectivity index (χ3v) is 3.56. The average Bonchev–Trinajstić information content (AvgIpc) is 2.35. The highest BCUT2D eigenvalue weighted by Gasteiger charge is 2.28. The molecule has 0 bridgehead atoms. The lowest BCUT2D eigenvalue weighted by atomic mass is 9.78. The molecule has 1 aromatic rings. The molecule has 18 heavy (non-hydrogen) atoms. The van der Waals surface area contributed by atoms with Crippen molar-refractivity contribution in [2.45, 2.75) is 45.1 Å². The number of hydrogen-bond donors (Lipinski definition) is 1. The van der Waals surface area contributed by atoms with Gasteiger partial charge in [-0.1, -0.05) is 23.8 Å². The van der Waals surface area contributed by atoms with Gasteiger partial charge in [0, 0.05) is 12.8 Å². The molecule has 1 aromatic carbocycles. The fraction of sp³-hybridized carbons (Fsp3) is 0.467. The molecule has 2 unspecified atom stereocenters. The smallest absolute Gasteiger partial charge is 0.217 e. The Hall–Kier alpha value is -1.82. The minimum Gasteiger partial charge on any atom is -0.340 e. The Morgan fingerprint density at radius 1 is 1.56 bits per heavy atom. The van der Waals surface area contributed by atoms with Crippen LogP contribution in [0.4, 0.5) is 0 Å². The lowest BCUT2D eigenvalue weighted by Gasteiger charge is -2.29. The van der Waals surface area contributed by atoms with Crippen LogP contribution in [-0.2, 0) is 11.2 Å². The summed E-state index contributed by atoms with van der Waals surface area (Å²) >= 11 is 0. The van der Waals surface area contributed by atoms with E-state index in [1.54, 1.807) is 0 Å². The molecule has 94 valence electrons. The van der Waals surface area contributed by atoms with Gasteiger partial charge in [-0.25, -0.2) is 0 Å². The van der Waals surface area contributed by atoms with Crippen molar-refractivity contribution in [1.29, 1.82) is 5.26 Å². The average molecular weight is 242 g/mol. The summed E-state index contributed by atoms with van der Waals surface area (Å²) in [6, 6.07) is 8.24. The van der Waals surface area contributed by atoms with E-state index in [0.717, 1.165) is 19.3 Å². The quantitative estimate of drug-likeness (QED) is 0.866. The molecule has 0 radical (unpaired) electrons. The molecular weight excluding hydrogens is 224 g/mol. The van der Waals surface area contributed by atoms with Gasteiger partial charge >= 0.3 is 0 Å². The monoisotopic (exact) mass is 242 g/mol. The van der Waals surface area contributed by atoms with Crippen LogP contribution in [0, 0.1) is 18.3 Å². The van der Waals surface area contributed by atoms with Crippen LogP contribution in [-0.4, -0.2) is 11.9 Å². The van der Waals surface area contributed by atoms with Crippen molar-refractivity contribution in [3.05, 3.63) is 34.9 Å². The first kappa shape index (κ1) is 12.6. The van der Waals surface area contributed by atoms with Gasteiger partial charge in [0.15, 0.2) is 0 Å². The molecule has 1 N–H and O–H groups in total. The van der Waals surface area contributed by atoms with E-state index in [-0.39, 0.29) is 11.8 Å². The molecule has 0 saturated carbocycles. The number of fused-ring (bicyclic) bond motifs is 1. The molecule has 0 aliphatic heterocycles. The number of aryl methyl sites for hydroxylation is 2. The van der Waals surface area contributed by atoms with Crippen molar-refractivity contribution in [1.82, 2.24) is 5.32 Å². The minimum absolute atomic E-state index is 0.127. The van der Waals surface area contributed by atoms with E-state index in [9.17, 15) is 10.1 Å². The summed E-state index contributed by atoms with van der Waals surface area (Å²) in [6.07, 6.45) is 3.12. The van der Waals surface area contributed by atoms with Crippen LogP contribution < -0.4 is 5.32 Å². The maximum absolute atomic E-state index is 11.2. The fourth-order valence-electron chi connectivity index (χ4n) is 2.74. The van der Waals surface area contributed by atoms with E-state index < -0.39 is 6.04 Å². The maximum atomic E-state index is 11.2. The predicted octanol–water partition coefficient (Wildman–Crippen LogP) is 2.44. The van der Waals surface area contributed by atoms with Crippen LogP contribution in [0.5, 0.6) is 0 Å². The summed E-state index contributed by atoms with van der Waals surface area (Å²) in [5.74, 6) is -0.0103. The molecular formula is C15H18N2O. The van der Waals surface area contributed by atoms with Gasteiger partial charge in [-0.05, 0) is 37.3 Å². The Morgan fingerprint density at radius 3 is 3.00 bits per heavy atom. The molecule has 0 heterocycles. The molecule has 0 fully saturated rings. The van der Waals surface area contributed by atoms with Crippen LogP contribution in [0.15, 0.2) is 18.2 Å². The Morgan fingerprint density at radius 2 is 2.33 bits per heavy atom. The Kier molecular flexibility index (Phi) is 3.66. The third-order valence-electron chi connectivity index (χ3n) is 3.56. The van der Waals surface area contributed by atoms with Gasteiger partial charge < -0.3 is 5.32 Å². The van der Waals surface area contributed by atoms with Gasteiger partial charge in [-0.2, -0.15) is 5.26 Å². The molecule has 2 atom stereocenters. The van der Waals surface area contributed by atoms with Crippen molar-refractivity contribution in [3.8, 4) is 6.07 Å². The first-order valence-electron chi connectivity index (χ1n) is 6.38. The SMILES string of the molecule is CC(=O)NC(C#N)C1CCCc2ccc(C)cc21. The van der Waals surface area contributed by atoms with Crippen LogP contribution in [0.3, 0.4) is 0 Å². The Labute approximate surface area is 108 Å². The van der Waals surface area contributed by atoms with Crippen molar-refractivity contribution in [2.24, 2.45) is 0 Å². The van der Waals surface area contributed by atoms with E-state index in [0.29, 0.717) is 0 Å². The fourth-order valence-corrected chi connectivity index (χ4v) is 2.74. The maximum Gasteiger partial charge on any atom is 0.217 e. The highest BCUT2D eigenvalue weighted by atomic mass is 16.1. The minimum atomic E-state index is -0.414. The Balaban J connectivity index is 2.34. The van der Waals surface area contributed by atoms with Crippen molar-refractivity contribution in [3.63, 3.8) is 0 Å². The number of benzene rings is 1. The van der Waals surface area contributed by atoms with E-state index in [4.69, 9.17) is 0 Å². The summed E-state index contributed by atoms with van der Waals surface area (Å²) in [5, 5.41) is 12.0. The first-order valence-corrected chi connectivity index (χ1v) is 6.38. The molecule has 1 aliphatic rings. The molecule has 0 spiro atoms. The van der Waals surface area contributed by atoms with Gasteiger partial charge in [-0.15, -0.1) is 0 Å². The van der Waals surface area contributed by atoms with Crippen molar-refractivity contribution >= 4 is 5.91 Å². The number of carbonyl (C=O) groups is 1. The number of carbonyl (C=O) groups excluding carboxylic acids is 1. The number of hydrogen-bond acceptors (Lipinski definition) is 2. The summed E-state index contributed by atoms with van der Waals surface area (Å²) in [5.41, 5.74) is 3.77. The lowest BCUT2D eigenvalue weighted by Crippen LogP contribution is -2.38. The second kappa shape index (κ2) is 5.22. The van der Waals surface area contributed by atoms with E-state index in [2.05, 4.69) is 36.5 Å². The second-order valence-corrected chi connectivity index (χ2v) is 5.01. The largest absolute Gasteiger partial charge is 0.340 e. The molecule has 0 aromatic heterocycles. The van der Waals surface area contributed by atoms with Crippen LogP contribution >= 0.6 is 0 Å². The number of nitriles is 1. The topological polar surface area (TPSA) is 52.9 Å². The third kappa shape index (κ3) is 2.53. The molecule has 1 aliphatic carbocycles. The molecule has 3 nitrogen and oxygen atoms in total. The highest BCUT2D eigenvalue weighted by Crippen LogP contribution is 2.34.